The molecule has 1 aromatic heterocycles. The highest BCUT2D eigenvalue weighted by atomic mass is 32.2. The lowest BCUT2D eigenvalue weighted by atomic mass is 10.1. The monoisotopic (exact) mass is 409 g/mol. The molecule has 1 amide bonds. The van der Waals surface area contributed by atoms with Crippen LogP contribution in [-0.2, 0) is 11.3 Å². The molecule has 0 radical (unpaired) electrons. The SMILES string of the molecule is CC(=O)c1ccccc1NC(=O)CSc1nc2ccccc2c(=O)n1CC(C)C. The van der Waals surface area contributed by atoms with Gasteiger partial charge in [0.05, 0.1) is 22.3 Å². The largest absolute Gasteiger partial charge is 0.325 e. The Labute approximate surface area is 173 Å². The van der Waals surface area contributed by atoms with E-state index in [2.05, 4.69) is 10.3 Å². The Morgan fingerprint density at radius 3 is 2.52 bits per heavy atom. The van der Waals surface area contributed by atoms with E-state index in [1.807, 2.05) is 26.0 Å². The first-order valence-electron chi connectivity index (χ1n) is 9.39. The molecule has 0 aliphatic rings. The number of para-hydroxylation sites is 2. The number of amides is 1. The van der Waals surface area contributed by atoms with Gasteiger partial charge in [-0.2, -0.15) is 0 Å². The van der Waals surface area contributed by atoms with E-state index in [1.54, 1.807) is 41.0 Å². The molecule has 2 aromatic carbocycles. The molecule has 3 aromatic rings. The number of anilines is 1. The lowest BCUT2D eigenvalue weighted by molar-refractivity contribution is -0.113. The number of thioether (sulfide) groups is 1. The zero-order valence-electron chi connectivity index (χ0n) is 16.6. The van der Waals surface area contributed by atoms with E-state index in [-0.39, 0.29) is 28.9 Å². The molecule has 0 bridgehead atoms. The predicted molar refractivity (Wildman–Crippen MR) is 117 cm³/mol. The summed E-state index contributed by atoms with van der Waals surface area (Å²) in [7, 11) is 0. The van der Waals surface area contributed by atoms with E-state index in [0.29, 0.717) is 33.9 Å². The molecule has 1 heterocycles. The molecule has 0 spiro atoms. The maximum Gasteiger partial charge on any atom is 0.262 e. The Bertz CT molecular complexity index is 1120. The molecule has 7 heteroatoms. The number of ketones is 1. The Kier molecular flexibility index (Phi) is 6.49. The smallest absolute Gasteiger partial charge is 0.262 e. The van der Waals surface area contributed by atoms with E-state index < -0.39 is 0 Å². The van der Waals surface area contributed by atoms with Crippen LogP contribution in [-0.4, -0.2) is 27.0 Å². The molecule has 6 nitrogen and oxygen atoms in total. The zero-order valence-corrected chi connectivity index (χ0v) is 17.5. The van der Waals surface area contributed by atoms with Gasteiger partial charge in [0.2, 0.25) is 5.91 Å². The highest BCUT2D eigenvalue weighted by Crippen LogP contribution is 2.20. The van der Waals surface area contributed by atoms with Gasteiger partial charge in [0.25, 0.3) is 5.56 Å². The average Bonchev–Trinajstić information content (AvgIpc) is 2.69. The summed E-state index contributed by atoms with van der Waals surface area (Å²) in [4.78, 5) is 41.7. The van der Waals surface area contributed by atoms with Crippen LogP contribution in [0.15, 0.2) is 58.5 Å². The van der Waals surface area contributed by atoms with Crippen molar-refractivity contribution in [2.24, 2.45) is 5.92 Å². The minimum Gasteiger partial charge on any atom is -0.325 e. The molecule has 29 heavy (non-hydrogen) atoms. The van der Waals surface area contributed by atoms with Crippen molar-refractivity contribution in [3.63, 3.8) is 0 Å². The fourth-order valence-corrected chi connectivity index (χ4v) is 3.81. The van der Waals surface area contributed by atoms with Gasteiger partial charge in [0.1, 0.15) is 0 Å². The Hall–Kier alpha value is -2.93. The summed E-state index contributed by atoms with van der Waals surface area (Å²) in [5.74, 6) is -0.0428. The average molecular weight is 410 g/mol. The van der Waals surface area contributed by atoms with Crippen molar-refractivity contribution in [3.8, 4) is 0 Å². The normalized spacial score (nSPS) is 11.0. The number of aromatic nitrogens is 2. The second kappa shape index (κ2) is 9.05. The maximum atomic E-state index is 12.9. The lowest BCUT2D eigenvalue weighted by Crippen LogP contribution is -2.26. The molecule has 0 saturated heterocycles. The molecule has 0 saturated carbocycles. The van der Waals surface area contributed by atoms with E-state index in [1.165, 1.54) is 18.7 Å². The van der Waals surface area contributed by atoms with Crippen LogP contribution in [0, 0.1) is 5.92 Å². The van der Waals surface area contributed by atoms with E-state index in [9.17, 15) is 14.4 Å². The molecule has 0 aliphatic heterocycles. The Morgan fingerprint density at radius 2 is 1.79 bits per heavy atom. The molecule has 0 fully saturated rings. The minimum absolute atomic E-state index is 0.0785. The quantitative estimate of drug-likeness (QED) is 0.363. The molecule has 3 rings (SSSR count). The highest BCUT2D eigenvalue weighted by Gasteiger charge is 2.15. The topological polar surface area (TPSA) is 81.1 Å². The molecule has 0 aliphatic carbocycles. The third kappa shape index (κ3) is 4.92. The third-order valence-corrected chi connectivity index (χ3v) is 5.26. The maximum absolute atomic E-state index is 12.9. The number of nitrogens with one attached hydrogen (secondary N) is 1. The standard InChI is InChI=1S/C22H23N3O3S/c1-14(2)12-25-21(28)17-9-5-7-11-19(17)24-22(25)29-13-20(27)23-18-10-6-4-8-16(18)15(3)26/h4-11,14H,12-13H2,1-3H3,(H,23,27). The Balaban J connectivity index is 1.84. The number of benzene rings is 2. The zero-order chi connectivity index (χ0) is 21.0. The van der Waals surface area contributed by atoms with Crippen molar-refractivity contribution in [1.29, 1.82) is 0 Å². The third-order valence-electron chi connectivity index (χ3n) is 4.29. The van der Waals surface area contributed by atoms with E-state index >= 15 is 0 Å². The van der Waals surface area contributed by atoms with Gasteiger partial charge in [0, 0.05) is 12.1 Å². The second-order valence-corrected chi connectivity index (χ2v) is 8.10. The van der Waals surface area contributed by atoms with Gasteiger partial charge in [-0.05, 0) is 37.1 Å². The summed E-state index contributed by atoms with van der Waals surface area (Å²) in [6.07, 6.45) is 0. The number of nitrogens with zero attached hydrogens (tertiary/aromatic N) is 2. The van der Waals surface area contributed by atoms with Gasteiger partial charge >= 0.3 is 0 Å². The van der Waals surface area contributed by atoms with Crippen LogP contribution < -0.4 is 10.9 Å². The van der Waals surface area contributed by atoms with Crippen LogP contribution in [0.5, 0.6) is 0 Å². The summed E-state index contributed by atoms with van der Waals surface area (Å²) in [6.45, 7) is 6.04. The molecule has 0 atom stereocenters. The molecule has 0 unspecified atom stereocenters. The van der Waals surface area contributed by atoms with Crippen LogP contribution in [0.2, 0.25) is 0 Å². The number of hydrogen-bond acceptors (Lipinski definition) is 5. The second-order valence-electron chi connectivity index (χ2n) is 7.16. The minimum atomic E-state index is -0.262. The molecular weight excluding hydrogens is 386 g/mol. The summed E-state index contributed by atoms with van der Waals surface area (Å²) in [5, 5.41) is 3.86. The van der Waals surface area contributed by atoms with Crippen LogP contribution >= 0.6 is 11.8 Å². The first kappa shape index (κ1) is 20.8. The summed E-state index contributed by atoms with van der Waals surface area (Å²) in [6, 6.07) is 14.1. The number of rotatable bonds is 7. The first-order chi connectivity index (χ1) is 13.9. The fraction of sp³-hybridized carbons (Fsp3) is 0.273. The van der Waals surface area contributed by atoms with E-state index in [0.717, 1.165) is 0 Å². The number of Topliss-reactive ketones (excluding diaryl/α,β-unsaturated/α-hetero) is 1. The fourth-order valence-electron chi connectivity index (χ4n) is 3.00. The van der Waals surface area contributed by atoms with Crippen molar-refractivity contribution in [2.45, 2.75) is 32.5 Å². The summed E-state index contributed by atoms with van der Waals surface area (Å²) in [5.41, 5.74) is 1.46. The van der Waals surface area contributed by atoms with Crippen molar-refractivity contribution in [1.82, 2.24) is 9.55 Å². The summed E-state index contributed by atoms with van der Waals surface area (Å²) < 4.78 is 1.63. The highest BCUT2D eigenvalue weighted by molar-refractivity contribution is 7.99. The Morgan fingerprint density at radius 1 is 1.10 bits per heavy atom. The van der Waals surface area contributed by atoms with Crippen molar-refractivity contribution in [2.75, 3.05) is 11.1 Å². The van der Waals surface area contributed by atoms with Crippen LogP contribution in [0.25, 0.3) is 10.9 Å². The number of carbonyl (C=O) groups is 2. The summed E-state index contributed by atoms with van der Waals surface area (Å²) >= 11 is 1.21. The number of fused-ring (bicyclic) bond motifs is 1. The van der Waals surface area contributed by atoms with Gasteiger partial charge in [-0.15, -0.1) is 0 Å². The van der Waals surface area contributed by atoms with Crippen molar-refractivity contribution in [3.05, 3.63) is 64.4 Å². The van der Waals surface area contributed by atoms with Gasteiger partial charge in [-0.3, -0.25) is 19.0 Å². The molecular formula is C22H23N3O3S. The predicted octanol–water partition coefficient (Wildman–Crippen LogP) is 3.99. The van der Waals surface area contributed by atoms with Gasteiger partial charge in [-0.25, -0.2) is 4.98 Å². The van der Waals surface area contributed by atoms with Crippen molar-refractivity contribution >= 4 is 40.0 Å². The van der Waals surface area contributed by atoms with Crippen molar-refractivity contribution < 1.29 is 9.59 Å². The number of hydrogen-bond donors (Lipinski definition) is 1. The molecule has 1 N–H and O–H groups in total. The van der Waals surface area contributed by atoms with Crippen LogP contribution in [0.4, 0.5) is 5.69 Å². The number of carbonyl (C=O) groups excluding carboxylic acids is 2. The van der Waals surface area contributed by atoms with E-state index in [4.69, 9.17) is 0 Å². The van der Waals surface area contributed by atoms with Gasteiger partial charge in [-0.1, -0.05) is 49.9 Å². The first-order valence-corrected chi connectivity index (χ1v) is 10.4. The van der Waals surface area contributed by atoms with Crippen LogP contribution in [0.1, 0.15) is 31.1 Å². The molecule has 150 valence electrons. The van der Waals surface area contributed by atoms with Gasteiger partial charge in [0.15, 0.2) is 10.9 Å². The van der Waals surface area contributed by atoms with Crippen LogP contribution in [0.3, 0.4) is 0 Å². The lowest BCUT2D eigenvalue weighted by Gasteiger charge is -2.15. The van der Waals surface area contributed by atoms with Gasteiger partial charge < -0.3 is 5.32 Å².